The van der Waals surface area contributed by atoms with Crippen LogP contribution in [0.5, 0.6) is 5.75 Å². The monoisotopic (exact) mass is 270 g/mol. The number of benzene rings is 1. The van der Waals surface area contributed by atoms with E-state index in [-0.39, 0.29) is 5.15 Å². The third kappa shape index (κ3) is 3.12. The van der Waals surface area contributed by atoms with Crippen LogP contribution in [0, 0.1) is 11.3 Å². The molecule has 1 aromatic heterocycles. The van der Waals surface area contributed by atoms with E-state index in [2.05, 4.69) is 11.6 Å². The molecule has 0 spiro atoms. The van der Waals surface area contributed by atoms with Gasteiger partial charge in [0.05, 0.1) is 11.3 Å². The fourth-order valence-corrected chi connectivity index (χ4v) is 1.78. The van der Waals surface area contributed by atoms with Crippen LogP contribution >= 0.6 is 11.6 Å². The highest BCUT2D eigenvalue weighted by molar-refractivity contribution is 6.30. The molecule has 2 rings (SSSR count). The van der Waals surface area contributed by atoms with Gasteiger partial charge in [0.2, 0.25) is 0 Å². The fourth-order valence-electron chi connectivity index (χ4n) is 1.58. The second kappa shape index (κ2) is 6.03. The van der Waals surface area contributed by atoms with Crippen LogP contribution in [0.4, 0.5) is 0 Å². The molecule has 1 heterocycles. The number of ether oxygens (including phenoxy) is 1. The van der Waals surface area contributed by atoms with Crippen LogP contribution < -0.4 is 4.74 Å². The van der Waals surface area contributed by atoms with E-state index in [4.69, 9.17) is 21.6 Å². The topological polar surface area (TPSA) is 45.9 Å². The first-order chi connectivity index (χ1) is 9.24. The number of rotatable bonds is 4. The van der Waals surface area contributed by atoms with Gasteiger partial charge in [0.25, 0.3) is 0 Å². The molecule has 3 nitrogen and oxygen atoms in total. The van der Waals surface area contributed by atoms with Gasteiger partial charge in [0, 0.05) is 5.56 Å². The molecule has 0 unspecified atom stereocenters. The molecular weight excluding hydrogens is 260 g/mol. The SMILES string of the molecule is C=CCOc1cccc(-c2ccc(C#N)c(Cl)n2)c1. The number of hydrogen-bond acceptors (Lipinski definition) is 3. The molecule has 94 valence electrons. The molecule has 4 heteroatoms. The van der Waals surface area contributed by atoms with E-state index in [1.807, 2.05) is 30.3 Å². The summed E-state index contributed by atoms with van der Waals surface area (Å²) in [5.74, 6) is 0.736. The average Bonchev–Trinajstić information content (AvgIpc) is 2.45. The summed E-state index contributed by atoms with van der Waals surface area (Å²) in [4.78, 5) is 4.20. The molecular formula is C15H11ClN2O. The minimum absolute atomic E-state index is 0.206. The molecule has 0 saturated carbocycles. The second-order valence-corrected chi connectivity index (χ2v) is 4.13. The summed E-state index contributed by atoms with van der Waals surface area (Å²) in [6.45, 7) is 4.05. The van der Waals surface area contributed by atoms with Gasteiger partial charge in [-0.15, -0.1) is 0 Å². The summed E-state index contributed by atoms with van der Waals surface area (Å²) in [6, 6.07) is 12.9. The Hall–Kier alpha value is -2.31. The van der Waals surface area contributed by atoms with Gasteiger partial charge in [-0.3, -0.25) is 0 Å². The van der Waals surface area contributed by atoms with Gasteiger partial charge < -0.3 is 4.74 Å². The Morgan fingerprint density at radius 2 is 2.21 bits per heavy atom. The lowest BCUT2D eigenvalue weighted by Crippen LogP contribution is -1.93. The van der Waals surface area contributed by atoms with Crippen LogP contribution in [-0.4, -0.2) is 11.6 Å². The molecule has 0 bridgehead atoms. The predicted molar refractivity (Wildman–Crippen MR) is 75.1 cm³/mol. The van der Waals surface area contributed by atoms with Gasteiger partial charge in [0.15, 0.2) is 0 Å². The van der Waals surface area contributed by atoms with E-state index in [0.717, 1.165) is 11.3 Å². The van der Waals surface area contributed by atoms with Gasteiger partial charge >= 0.3 is 0 Å². The molecule has 0 atom stereocenters. The van der Waals surface area contributed by atoms with Gasteiger partial charge in [0.1, 0.15) is 23.6 Å². The van der Waals surface area contributed by atoms with Crippen LogP contribution in [-0.2, 0) is 0 Å². The van der Waals surface area contributed by atoms with E-state index in [1.165, 1.54) is 0 Å². The summed E-state index contributed by atoms with van der Waals surface area (Å²) >= 11 is 5.92. The standard InChI is InChI=1S/C15H11ClN2O/c1-2-8-19-13-5-3-4-11(9-13)14-7-6-12(10-17)15(16)18-14/h2-7,9H,1,8H2. The van der Waals surface area contributed by atoms with Gasteiger partial charge in [-0.05, 0) is 24.3 Å². The van der Waals surface area contributed by atoms with Crippen LogP contribution in [0.3, 0.4) is 0 Å². The third-order valence-corrected chi connectivity index (χ3v) is 2.75. The zero-order valence-electron chi connectivity index (χ0n) is 10.1. The predicted octanol–water partition coefficient (Wildman–Crippen LogP) is 3.84. The molecule has 0 saturated heterocycles. The highest BCUT2D eigenvalue weighted by atomic mass is 35.5. The lowest BCUT2D eigenvalue weighted by atomic mass is 10.1. The van der Waals surface area contributed by atoms with E-state index < -0.39 is 0 Å². The normalized spacial score (nSPS) is 9.68. The van der Waals surface area contributed by atoms with E-state index in [1.54, 1.807) is 18.2 Å². The van der Waals surface area contributed by atoms with Crippen molar-refractivity contribution in [2.75, 3.05) is 6.61 Å². The maximum absolute atomic E-state index is 8.82. The first-order valence-corrected chi connectivity index (χ1v) is 6.03. The number of aromatic nitrogens is 1. The maximum atomic E-state index is 8.82. The highest BCUT2D eigenvalue weighted by Gasteiger charge is 2.05. The Morgan fingerprint density at radius 3 is 2.89 bits per heavy atom. The zero-order chi connectivity index (χ0) is 13.7. The summed E-state index contributed by atoms with van der Waals surface area (Å²) < 4.78 is 5.46. The van der Waals surface area contributed by atoms with E-state index in [9.17, 15) is 0 Å². The molecule has 0 fully saturated rings. The summed E-state index contributed by atoms with van der Waals surface area (Å²) in [5.41, 5.74) is 1.95. The number of halogens is 1. The van der Waals surface area contributed by atoms with Gasteiger partial charge in [-0.2, -0.15) is 5.26 Å². The van der Waals surface area contributed by atoms with Crippen molar-refractivity contribution in [1.29, 1.82) is 5.26 Å². The Balaban J connectivity index is 2.34. The third-order valence-electron chi connectivity index (χ3n) is 2.47. The Bertz CT molecular complexity index is 647. The van der Waals surface area contributed by atoms with Crippen LogP contribution in [0.25, 0.3) is 11.3 Å². The Morgan fingerprint density at radius 1 is 1.37 bits per heavy atom. The van der Waals surface area contributed by atoms with Crippen molar-refractivity contribution in [3.8, 4) is 23.1 Å². The molecule has 1 aromatic carbocycles. The van der Waals surface area contributed by atoms with Crippen molar-refractivity contribution in [2.24, 2.45) is 0 Å². The number of hydrogen-bond donors (Lipinski definition) is 0. The van der Waals surface area contributed by atoms with Crippen LogP contribution in [0.2, 0.25) is 5.15 Å². The molecule has 19 heavy (non-hydrogen) atoms. The smallest absolute Gasteiger partial charge is 0.147 e. The van der Waals surface area contributed by atoms with Crippen molar-refractivity contribution in [3.05, 3.63) is 59.8 Å². The van der Waals surface area contributed by atoms with E-state index >= 15 is 0 Å². The fraction of sp³-hybridized carbons (Fsp3) is 0.0667. The number of nitrogens with zero attached hydrogens (tertiary/aromatic N) is 2. The maximum Gasteiger partial charge on any atom is 0.147 e. The summed E-state index contributed by atoms with van der Waals surface area (Å²) in [7, 11) is 0. The summed E-state index contributed by atoms with van der Waals surface area (Å²) in [6.07, 6.45) is 1.68. The molecule has 2 aromatic rings. The minimum Gasteiger partial charge on any atom is -0.490 e. The second-order valence-electron chi connectivity index (χ2n) is 3.77. The highest BCUT2D eigenvalue weighted by Crippen LogP contribution is 2.24. The average molecular weight is 271 g/mol. The van der Waals surface area contributed by atoms with Crippen molar-refractivity contribution < 1.29 is 4.74 Å². The molecule has 0 aliphatic carbocycles. The Labute approximate surface area is 116 Å². The molecule has 0 aliphatic rings. The molecule has 0 amide bonds. The summed E-state index contributed by atoms with van der Waals surface area (Å²) in [5, 5.41) is 9.02. The largest absolute Gasteiger partial charge is 0.490 e. The van der Waals surface area contributed by atoms with Crippen LogP contribution in [0.1, 0.15) is 5.56 Å². The van der Waals surface area contributed by atoms with E-state index in [0.29, 0.717) is 17.9 Å². The van der Waals surface area contributed by atoms with Crippen molar-refractivity contribution in [1.82, 2.24) is 4.98 Å². The molecule has 0 N–H and O–H groups in total. The number of nitriles is 1. The quantitative estimate of drug-likeness (QED) is 0.626. The number of pyridine rings is 1. The molecule has 0 radical (unpaired) electrons. The van der Waals surface area contributed by atoms with Gasteiger partial charge in [-0.25, -0.2) is 4.98 Å². The van der Waals surface area contributed by atoms with Crippen molar-refractivity contribution in [3.63, 3.8) is 0 Å². The van der Waals surface area contributed by atoms with Crippen molar-refractivity contribution in [2.45, 2.75) is 0 Å². The lowest BCUT2D eigenvalue weighted by Gasteiger charge is -2.06. The molecule has 0 aliphatic heterocycles. The minimum atomic E-state index is 0.206. The first-order valence-electron chi connectivity index (χ1n) is 5.65. The van der Waals surface area contributed by atoms with Crippen molar-refractivity contribution >= 4 is 11.6 Å². The lowest BCUT2D eigenvalue weighted by molar-refractivity contribution is 0.363. The van der Waals surface area contributed by atoms with Gasteiger partial charge in [-0.1, -0.05) is 36.4 Å². The first kappa shape index (κ1) is 13.1. The Kier molecular flexibility index (Phi) is 4.17. The zero-order valence-corrected chi connectivity index (χ0v) is 10.9. The van der Waals surface area contributed by atoms with Crippen LogP contribution in [0.15, 0.2) is 49.1 Å².